The van der Waals surface area contributed by atoms with E-state index < -0.39 is 35.4 Å². The van der Waals surface area contributed by atoms with Crippen LogP contribution in [0.25, 0.3) is 0 Å². The SMILES string of the molecule is CC1(C)OCC(=O)NC(C)(c2cc(C3CCOCC3)ccc2F)C1(F)F. The van der Waals surface area contributed by atoms with Gasteiger partial charge < -0.3 is 14.8 Å². The first-order valence-electron chi connectivity index (χ1n) is 8.79. The van der Waals surface area contributed by atoms with E-state index in [1.54, 1.807) is 6.07 Å². The number of hydrogen-bond acceptors (Lipinski definition) is 3. The second-order valence-electron chi connectivity index (χ2n) is 7.67. The maximum Gasteiger partial charge on any atom is 0.302 e. The van der Waals surface area contributed by atoms with E-state index in [1.807, 2.05) is 0 Å². The molecule has 1 unspecified atom stereocenters. The average molecular weight is 371 g/mol. The fourth-order valence-corrected chi connectivity index (χ4v) is 3.78. The van der Waals surface area contributed by atoms with Gasteiger partial charge in [0.1, 0.15) is 23.6 Å². The van der Waals surface area contributed by atoms with Crippen LogP contribution < -0.4 is 5.32 Å². The van der Waals surface area contributed by atoms with Crippen molar-refractivity contribution in [2.75, 3.05) is 19.8 Å². The Balaban J connectivity index is 2.10. The zero-order valence-electron chi connectivity index (χ0n) is 15.2. The van der Waals surface area contributed by atoms with Gasteiger partial charge in [-0.1, -0.05) is 12.1 Å². The molecule has 0 aliphatic carbocycles. The molecule has 144 valence electrons. The maximum atomic E-state index is 15.4. The van der Waals surface area contributed by atoms with Gasteiger partial charge in [-0.3, -0.25) is 4.79 Å². The third-order valence-electron chi connectivity index (χ3n) is 5.56. The van der Waals surface area contributed by atoms with Gasteiger partial charge in [0, 0.05) is 18.8 Å². The molecule has 0 saturated carbocycles. The molecule has 2 heterocycles. The molecule has 3 rings (SSSR count). The van der Waals surface area contributed by atoms with E-state index in [9.17, 15) is 9.18 Å². The number of amides is 1. The number of carbonyl (C=O) groups is 1. The van der Waals surface area contributed by atoms with Crippen LogP contribution in [0.2, 0.25) is 0 Å². The molecule has 2 saturated heterocycles. The highest BCUT2D eigenvalue weighted by Crippen LogP contribution is 2.48. The van der Waals surface area contributed by atoms with Crippen LogP contribution in [0.15, 0.2) is 18.2 Å². The van der Waals surface area contributed by atoms with E-state index in [4.69, 9.17) is 9.47 Å². The molecular formula is C19H24F3NO3. The molecule has 1 atom stereocenters. The molecule has 0 radical (unpaired) electrons. The number of halogens is 3. The lowest BCUT2D eigenvalue weighted by Crippen LogP contribution is -2.62. The van der Waals surface area contributed by atoms with Gasteiger partial charge in [-0.25, -0.2) is 13.2 Å². The molecular weight excluding hydrogens is 347 g/mol. The average Bonchev–Trinajstić information content (AvgIpc) is 2.66. The van der Waals surface area contributed by atoms with Gasteiger partial charge >= 0.3 is 5.92 Å². The maximum absolute atomic E-state index is 15.4. The van der Waals surface area contributed by atoms with Crippen molar-refractivity contribution in [2.24, 2.45) is 0 Å². The van der Waals surface area contributed by atoms with E-state index in [2.05, 4.69) is 5.32 Å². The van der Waals surface area contributed by atoms with Gasteiger partial charge in [0.25, 0.3) is 0 Å². The topological polar surface area (TPSA) is 47.6 Å². The molecule has 1 aromatic rings. The minimum atomic E-state index is -3.54. The number of rotatable bonds is 2. The Morgan fingerprint density at radius 3 is 2.46 bits per heavy atom. The van der Waals surface area contributed by atoms with E-state index in [0.29, 0.717) is 13.2 Å². The summed E-state index contributed by atoms with van der Waals surface area (Å²) in [6, 6.07) is 4.28. The molecule has 1 amide bonds. The summed E-state index contributed by atoms with van der Waals surface area (Å²) in [5.41, 5.74) is -3.62. The molecule has 0 bridgehead atoms. The molecule has 7 heteroatoms. The summed E-state index contributed by atoms with van der Waals surface area (Å²) in [5, 5.41) is 2.31. The Morgan fingerprint density at radius 2 is 1.81 bits per heavy atom. The lowest BCUT2D eigenvalue weighted by Gasteiger charge is -2.43. The molecule has 2 aliphatic heterocycles. The number of carbonyl (C=O) groups excluding carboxylic acids is 1. The van der Waals surface area contributed by atoms with Crippen LogP contribution in [0.3, 0.4) is 0 Å². The first kappa shape index (κ1) is 19.2. The van der Waals surface area contributed by atoms with E-state index in [1.165, 1.54) is 26.0 Å². The zero-order chi connectivity index (χ0) is 19.2. The summed E-state index contributed by atoms with van der Waals surface area (Å²) < 4.78 is 55.9. The number of alkyl halides is 2. The lowest BCUT2D eigenvalue weighted by atomic mass is 9.76. The van der Waals surface area contributed by atoms with Crippen molar-refractivity contribution in [2.45, 2.75) is 56.6 Å². The molecule has 0 aromatic heterocycles. The van der Waals surface area contributed by atoms with Crippen molar-refractivity contribution in [3.8, 4) is 0 Å². The predicted octanol–water partition coefficient (Wildman–Crippen LogP) is 3.50. The largest absolute Gasteiger partial charge is 0.381 e. The number of nitrogens with one attached hydrogen (secondary N) is 1. The van der Waals surface area contributed by atoms with Crippen molar-refractivity contribution in [3.05, 3.63) is 35.1 Å². The number of ether oxygens (including phenoxy) is 2. The second-order valence-corrected chi connectivity index (χ2v) is 7.67. The van der Waals surface area contributed by atoms with Gasteiger partial charge in [-0.2, -0.15) is 0 Å². The molecule has 1 aromatic carbocycles. The van der Waals surface area contributed by atoms with Crippen molar-refractivity contribution in [3.63, 3.8) is 0 Å². The minimum absolute atomic E-state index is 0.117. The van der Waals surface area contributed by atoms with Crippen molar-refractivity contribution in [1.82, 2.24) is 5.32 Å². The normalized spacial score (nSPS) is 29.1. The summed E-state index contributed by atoms with van der Waals surface area (Å²) in [6.45, 7) is 4.26. The smallest absolute Gasteiger partial charge is 0.302 e. The van der Waals surface area contributed by atoms with Crippen LogP contribution in [0, 0.1) is 5.82 Å². The van der Waals surface area contributed by atoms with Crippen LogP contribution in [-0.4, -0.2) is 37.3 Å². The van der Waals surface area contributed by atoms with Gasteiger partial charge in [0.15, 0.2) is 0 Å². The Labute approximate surface area is 151 Å². The minimum Gasteiger partial charge on any atom is -0.381 e. The molecule has 2 aliphatic rings. The van der Waals surface area contributed by atoms with Crippen molar-refractivity contribution in [1.29, 1.82) is 0 Å². The highest BCUT2D eigenvalue weighted by molar-refractivity contribution is 5.79. The molecule has 4 nitrogen and oxygen atoms in total. The molecule has 1 N–H and O–H groups in total. The Kier molecular flexibility index (Phi) is 4.82. The van der Waals surface area contributed by atoms with Gasteiger partial charge in [0.05, 0.1) is 0 Å². The Hall–Kier alpha value is -1.60. The van der Waals surface area contributed by atoms with E-state index in [0.717, 1.165) is 25.3 Å². The van der Waals surface area contributed by atoms with Crippen molar-refractivity contribution >= 4 is 5.91 Å². The summed E-state index contributed by atoms with van der Waals surface area (Å²) in [5.74, 6) is -4.90. The van der Waals surface area contributed by atoms with Crippen LogP contribution in [0.1, 0.15) is 50.7 Å². The van der Waals surface area contributed by atoms with E-state index in [-0.39, 0.29) is 11.5 Å². The summed E-state index contributed by atoms with van der Waals surface area (Å²) in [4.78, 5) is 12.0. The predicted molar refractivity (Wildman–Crippen MR) is 89.7 cm³/mol. The second kappa shape index (κ2) is 6.53. The number of benzene rings is 1. The van der Waals surface area contributed by atoms with Crippen LogP contribution in [-0.2, 0) is 19.8 Å². The standard InChI is InChI=1S/C19H24F3NO3/c1-17(2)19(21,22)18(3,23-16(24)11-26-17)14-10-13(4-5-15(14)20)12-6-8-25-9-7-12/h4-5,10,12H,6-9,11H2,1-3H3,(H,23,24). The zero-order valence-corrected chi connectivity index (χ0v) is 15.2. The van der Waals surface area contributed by atoms with Crippen LogP contribution in [0.5, 0.6) is 0 Å². The fourth-order valence-electron chi connectivity index (χ4n) is 3.78. The third kappa shape index (κ3) is 3.01. The number of hydrogen-bond donors (Lipinski definition) is 1. The first-order chi connectivity index (χ1) is 12.1. The first-order valence-corrected chi connectivity index (χ1v) is 8.79. The van der Waals surface area contributed by atoms with Crippen LogP contribution in [0.4, 0.5) is 13.2 Å². The van der Waals surface area contributed by atoms with Crippen molar-refractivity contribution < 1.29 is 27.4 Å². The summed E-state index contributed by atoms with van der Waals surface area (Å²) >= 11 is 0. The molecule has 2 fully saturated rings. The third-order valence-corrected chi connectivity index (χ3v) is 5.56. The summed E-state index contributed by atoms with van der Waals surface area (Å²) in [7, 11) is 0. The Bertz CT molecular complexity index is 701. The quantitative estimate of drug-likeness (QED) is 0.866. The van der Waals surface area contributed by atoms with Gasteiger partial charge in [0.2, 0.25) is 5.91 Å². The fraction of sp³-hybridized carbons (Fsp3) is 0.632. The lowest BCUT2D eigenvalue weighted by molar-refractivity contribution is -0.216. The van der Waals surface area contributed by atoms with Crippen LogP contribution >= 0.6 is 0 Å². The Morgan fingerprint density at radius 1 is 1.15 bits per heavy atom. The van der Waals surface area contributed by atoms with Gasteiger partial charge in [-0.15, -0.1) is 0 Å². The summed E-state index contributed by atoms with van der Waals surface area (Å²) in [6.07, 6.45) is 1.50. The van der Waals surface area contributed by atoms with E-state index >= 15 is 8.78 Å². The molecule has 26 heavy (non-hydrogen) atoms. The highest BCUT2D eigenvalue weighted by atomic mass is 19.3. The van der Waals surface area contributed by atoms with Gasteiger partial charge in [-0.05, 0) is 51.2 Å². The monoisotopic (exact) mass is 371 g/mol. The highest BCUT2D eigenvalue weighted by Gasteiger charge is 2.64. The molecule has 0 spiro atoms.